The smallest absolute Gasteiger partial charge is 0.244 e. The van der Waals surface area contributed by atoms with Gasteiger partial charge in [0.05, 0.1) is 6.07 Å². The van der Waals surface area contributed by atoms with Crippen molar-refractivity contribution in [3.63, 3.8) is 0 Å². The maximum Gasteiger partial charge on any atom is 0.244 e. The number of piperidine rings is 2. The van der Waals surface area contributed by atoms with Crippen LogP contribution >= 0.6 is 0 Å². The zero-order valence-electron chi connectivity index (χ0n) is 15.9. The molecule has 0 aliphatic carbocycles. The van der Waals surface area contributed by atoms with E-state index in [2.05, 4.69) is 42.3 Å². The number of aromatic amines is 1. The lowest BCUT2D eigenvalue weighted by molar-refractivity contribution is 0.171. The van der Waals surface area contributed by atoms with Gasteiger partial charge >= 0.3 is 0 Å². The highest BCUT2D eigenvalue weighted by molar-refractivity contribution is 5.50. The standard InChI is InChI=1S/C18H27N9/c1-11-6-16(25-24-11)22-18-23-17(26-27(18)2)21-15-9-13-7-12(4-3-5-19)8-14(10-15)20-13/h6,12-15,20H,3-4,7-10H2,1-2H3,(H3,21,22,23,24,25,26). The van der Waals surface area contributed by atoms with E-state index < -0.39 is 0 Å². The quantitative estimate of drug-likeness (QED) is 0.616. The Balaban J connectivity index is 1.35. The number of anilines is 3. The van der Waals surface area contributed by atoms with Crippen molar-refractivity contribution >= 4 is 17.7 Å². The predicted molar refractivity (Wildman–Crippen MR) is 103 cm³/mol. The van der Waals surface area contributed by atoms with Crippen LogP contribution in [0.4, 0.5) is 17.7 Å². The van der Waals surface area contributed by atoms with Gasteiger partial charge in [0.25, 0.3) is 0 Å². The van der Waals surface area contributed by atoms with Crippen molar-refractivity contribution in [2.75, 3.05) is 10.6 Å². The molecule has 0 radical (unpaired) electrons. The zero-order valence-corrected chi connectivity index (χ0v) is 15.9. The minimum atomic E-state index is 0.376. The van der Waals surface area contributed by atoms with Gasteiger partial charge in [-0.2, -0.15) is 15.3 Å². The second kappa shape index (κ2) is 7.56. The highest BCUT2D eigenvalue weighted by Crippen LogP contribution is 2.33. The maximum atomic E-state index is 8.82. The van der Waals surface area contributed by atoms with E-state index in [1.165, 1.54) is 0 Å². The lowest BCUT2D eigenvalue weighted by atomic mass is 9.77. The lowest BCUT2D eigenvalue weighted by Gasteiger charge is -2.43. The van der Waals surface area contributed by atoms with Gasteiger partial charge in [-0.25, -0.2) is 4.68 Å². The molecular weight excluding hydrogens is 342 g/mol. The van der Waals surface area contributed by atoms with Gasteiger partial charge < -0.3 is 16.0 Å². The Bertz CT molecular complexity index is 803. The summed E-state index contributed by atoms with van der Waals surface area (Å²) in [5.41, 5.74) is 0.993. The van der Waals surface area contributed by atoms with Crippen LogP contribution in [0.1, 0.15) is 44.2 Å². The number of fused-ring (bicyclic) bond motifs is 2. The van der Waals surface area contributed by atoms with E-state index in [1.807, 2.05) is 20.0 Å². The molecule has 2 aliphatic heterocycles. The fourth-order valence-electron chi connectivity index (χ4n) is 4.44. The Morgan fingerprint density at radius 2 is 2.07 bits per heavy atom. The number of rotatable bonds is 6. The zero-order chi connectivity index (χ0) is 18.8. The van der Waals surface area contributed by atoms with E-state index in [9.17, 15) is 0 Å². The second-order valence-corrected chi connectivity index (χ2v) is 7.85. The van der Waals surface area contributed by atoms with Crippen LogP contribution in [0.25, 0.3) is 0 Å². The molecule has 144 valence electrons. The highest BCUT2D eigenvalue weighted by atomic mass is 15.4. The van der Waals surface area contributed by atoms with E-state index in [0.717, 1.165) is 43.6 Å². The van der Waals surface area contributed by atoms with Crippen LogP contribution in [0.15, 0.2) is 6.07 Å². The van der Waals surface area contributed by atoms with Crippen LogP contribution in [-0.2, 0) is 7.05 Å². The molecule has 2 aliphatic rings. The molecule has 2 unspecified atom stereocenters. The number of H-pyrrole nitrogens is 1. The SMILES string of the molecule is Cc1cc(Nc2nc(NC3CC4CC(CCC#N)CC(C3)N4)nn2C)n[nH]1. The predicted octanol–water partition coefficient (Wildman–Crippen LogP) is 2.21. The molecule has 0 amide bonds. The van der Waals surface area contributed by atoms with Crippen molar-refractivity contribution in [3.05, 3.63) is 11.8 Å². The topological polar surface area (TPSA) is 119 Å². The van der Waals surface area contributed by atoms with Crippen LogP contribution in [-0.4, -0.2) is 43.1 Å². The van der Waals surface area contributed by atoms with Crippen LogP contribution in [0.5, 0.6) is 0 Å². The normalized spacial score (nSPS) is 27.1. The summed E-state index contributed by atoms with van der Waals surface area (Å²) in [4.78, 5) is 4.58. The molecule has 0 spiro atoms. The van der Waals surface area contributed by atoms with Gasteiger partial charge in [0, 0.05) is 43.4 Å². The monoisotopic (exact) mass is 369 g/mol. The molecule has 2 aromatic rings. The summed E-state index contributed by atoms with van der Waals surface area (Å²) < 4.78 is 1.73. The summed E-state index contributed by atoms with van der Waals surface area (Å²) in [5.74, 6) is 2.73. The average Bonchev–Trinajstić information content (AvgIpc) is 3.18. The van der Waals surface area contributed by atoms with E-state index in [1.54, 1.807) is 4.68 Å². The number of aryl methyl sites for hydroxylation is 2. The number of nitrogens with one attached hydrogen (secondary N) is 4. The Morgan fingerprint density at radius 3 is 2.74 bits per heavy atom. The molecule has 2 saturated heterocycles. The molecule has 2 atom stereocenters. The van der Waals surface area contributed by atoms with Gasteiger partial charge in [-0.15, -0.1) is 5.10 Å². The molecule has 4 N–H and O–H groups in total. The molecule has 27 heavy (non-hydrogen) atoms. The van der Waals surface area contributed by atoms with Gasteiger partial charge in [0.15, 0.2) is 5.82 Å². The first-order valence-electron chi connectivity index (χ1n) is 9.68. The Hall–Kier alpha value is -2.60. The van der Waals surface area contributed by atoms with Crippen LogP contribution in [0.3, 0.4) is 0 Å². The van der Waals surface area contributed by atoms with Crippen molar-refractivity contribution < 1.29 is 0 Å². The first kappa shape index (κ1) is 17.8. The van der Waals surface area contributed by atoms with E-state index in [0.29, 0.717) is 42.4 Å². The molecule has 4 rings (SSSR count). The molecule has 2 aromatic heterocycles. The Morgan fingerprint density at radius 1 is 1.30 bits per heavy atom. The van der Waals surface area contributed by atoms with Crippen molar-refractivity contribution in [1.82, 2.24) is 30.3 Å². The number of hydrogen-bond donors (Lipinski definition) is 4. The summed E-state index contributed by atoms with van der Waals surface area (Å²) in [5, 5.41) is 30.8. The van der Waals surface area contributed by atoms with Crippen LogP contribution < -0.4 is 16.0 Å². The summed E-state index contributed by atoms with van der Waals surface area (Å²) in [6.45, 7) is 1.96. The van der Waals surface area contributed by atoms with Gasteiger partial charge in [-0.3, -0.25) is 5.10 Å². The van der Waals surface area contributed by atoms with Gasteiger partial charge in [-0.1, -0.05) is 0 Å². The third-order valence-corrected chi connectivity index (χ3v) is 5.55. The molecule has 2 fully saturated rings. The third-order valence-electron chi connectivity index (χ3n) is 5.55. The molecule has 0 saturated carbocycles. The van der Waals surface area contributed by atoms with E-state index in [4.69, 9.17) is 5.26 Å². The summed E-state index contributed by atoms with van der Waals surface area (Å²) >= 11 is 0. The molecular formula is C18H27N9. The van der Waals surface area contributed by atoms with Crippen molar-refractivity contribution in [3.8, 4) is 6.07 Å². The summed E-state index contributed by atoms with van der Waals surface area (Å²) in [7, 11) is 1.87. The van der Waals surface area contributed by atoms with Crippen LogP contribution in [0, 0.1) is 24.2 Å². The molecule has 4 heterocycles. The lowest BCUT2D eigenvalue weighted by Crippen LogP contribution is -2.54. The second-order valence-electron chi connectivity index (χ2n) is 7.85. The highest BCUT2D eigenvalue weighted by Gasteiger charge is 2.35. The Kier molecular flexibility index (Phi) is 4.99. The number of nitriles is 1. The Labute approximate surface area is 158 Å². The first-order valence-corrected chi connectivity index (χ1v) is 9.68. The third kappa shape index (κ3) is 4.22. The van der Waals surface area contributed by atoms with Crippen molar-refractivity contribution in [2.45, 2.75) is 63.6 Å². The number of nitrogens with zero attached hydrogens (tertiary/aromatic N) is 5. The minimum absolute atomic E-state index is 0.376. The molecule has 9 heteroatoms. The van der Waals surface area contributed by atoms with Crippen molar-refractivity contribution in [2.24, 2.45) is 13.0 Å². The summed E-state index contributed by atoms with van der Waals surface area (Å²) in [6, 6.07) is 5.63. The van der Waals surface area contributed by atoms with Gasteiger partial charge in [-0.05, 0) is 44.9 Å². The maximum absolute atomic E-state index is 8.82. The average molecular weight is 369 g/mol. The van der Waals surface area contributed by atoms with Crippen LogP contribution in [0.2, 0.25) is 0 Å². The fourth-order valence-corrected chi connectivity index (χ4v) is 4.44. The largest absolute Gasteiger partial charge is 0.350 e. The molecule has 0 aromatic carbocycles. The molecule has 2 bridgehead atoms. The van der Waals surface area contributed by atoms with E-state index in [-0.39, 0.29) is 0 Å². The number of hydrogen-bond acceptors (Lipinski definition) is 7. The van der Waals surface area contributed by atoms with Crippen molar-refractivity contribution in [1.29, 1.82) is 5.26 Å². The van der Waals surface area contributed by atoms with E-state index >= 15 is 0 Å². The first-order chi connectivity index (χ1) is 13.1. The minimum Gasteiger partial charge on any atom is -0.350 e. The fraction of sp³-hybridized carbons (Fsp3) is 0.667. The summed E-state index contributed by atoms with van der Waals surface area (Å²) in [6.07, 6.45) is 6.18. The number of aromatic nitrogens is 5. The van der Waals surface area contributed by atoms with Gasteiger partial charge in [0.2, 0.25) is 11.9 Å². The van der Waals surface area contributed by atoms with Gasteiger partial charge in [0.1, 0.15) is 0 Å². The molecule has 9 nitrogen and oxygen atoms in total.